The largest absolute Gasteiger partial charge is 0.370 e. The van der Waals surface area contributed by atoms with Gasteiger partial charge in [0, 0.05) is 13.6 Å². The van der Waals surface area contributed by atoms with Gasteiger partial charge in [0.05, 0.1) is 11.3 Å². The Kier molecular flexibility index (Phi) is 3.95. The molecule has 0 atom stereocenters. The summed E-state index contributed by atoms with van der Waals surface area (Å²) in [7, 11) is 1.85. The van der Waals surface area contributed by atoms with Gasteiger partial charge in [-0.05, 0) is 24.6 Å². The lowest BCUT2D eigenvalue weighted by Gasteiger charge is -2.21. The van der Waals surface area contributed by atoms with Gasteiger partial charge >= 0.3 is 0 Å². The lowest BCUT2D eigenvalue weighted by Crippen LogP contribution is -2.18. The van der Waals surface area contributed by atoms with Crippen LogP contribution in [-0.2, 0) is 6.54 Å². The second-order valence-electron chi connectivity index (χ2n) is 4.64. The molecule has 0 aliphatic rings. The van der Waals surface area contributed by atoms with Crippen LogP contribution in [0.4, 0.5) is 10.1 Å². The molecule has 2 aromatic carbocycles. The van der Waals surface area contributed by atoms with Gasteiger partial charge in [0.1, 0.15) is 5.82 Å². The van der Waals surface area contributed by atoms with Gasteiger partial charge in [-0.3, -0.25) is 4.79 Å². The summed E-state index contributed by atoms with van der Waals surface area (Å²) < 4.78 is 13.6. The number of benzene rings is 2. The van der Waals surface area contributed by atoms with E-state index in [0.29, 0.717) is 18.5 Å². The van der Waals surface area contributed by atoms with Crippen LogP contribution in [0.5, 0.6) is 0 Å². The van der Waals surface area contributed by atoms with Crippen LogP contribution in [0.1, 0.15) is 21.5 Å². The molecule has 0 unspecified atom stereocenters. The number of aldehydes is 1. The lowest BCUT2D eigenvalue weighted by molar-refractivity contribution is 0.112. The van der Waals surface area contributed by atoms with E-state index in [1.807, 2.05) is 37.1 Å². The predicted octanol–water partition coefficient (Wildman–Crippen LogP) is 3.58. The number of carbonyl (C=O) groups excluding carboxylic acids is 1. The first-order chi connectivity index (χ1) is 9.11. The summed E-state index contributed by atoms with van der Waals surface area (Å²) in [6.45, 7) is 2.66. The Morgan fingerprint density at radius 2 is 1.95 bits per heavy atom. The highest BCUT2D eigenvalue weighted by atomic mass is 19.1. The number of rotatable bonds is 4. The molecule has 0 radical (unpaired) electrons. The molecule has 98 valence electrons. The molecule has 19 heavy (non-hydrogen) atoms. The first-order valence-electron chi connectivity index (χ1n) is 6.12. The van der Waals surface area contributed by atoms with Crippen LogP contribution < -0.4 is 4.90 Å². The smallest absolute Gasteiger partial charge is 0.155 e. The number of nitrogens with zero attached hydrogens (tertiary/aromatic N) is 1. The predicted molar refractivity (Wildman–Crippen MR) is 75.1 cm³/mol. The molecule has 2 aromatic rings. The van der Waals surface area contributed by atoms with Gasteiger partial charge in [-0.25, -0.2) is 4.39 Å². The van der Waals surface area contributed by atoms with Crippen molar-refractivity contribution < 1.29 is 9.18 Å². The normalized spacial score (nSPS) is 10.3. The summed E-state index contributed by atoms with van der Waals surface area (Å²) in [6.07, 6.45) is 0.567. The van der Waals surface area contributed by atoms with E-state index < -0.39 is 5.82 Å². The first kappa shape index (κ1) is 13.3. The molecular weight excluding hydrogens is 241 g/mol. The fraction of sp³-hybridized carbons (Fsp3) is 0.188. The third-order valence-electron chi connectivity index (χ3n) is 3.06. The Labute approximate surface area is 112 Å². The second-order valence-corrected chi connectivity index (χ2v) is 4.64. The minimum atomic E-state index is -0.483. The molecule has 0 aromatic heterocycles. The zero-order valence-corrected chi connectivity index (χ0v) is 11.1. The molecule has 2 nitrogen and oxygen atoms in total. The number of aryl methyl sites for hydroxylation is 1. The van der Waals surface area contributed by atoms with Crippen LogP contribution in [0.25, 0.3) is 0 Å². The summed E-state index contributed by atoms with van der Waals surface area (Å²) in [5.74, 6) is -0.483. The fourth-order valence-corrected chi connectivity index (χ4v) is 2.14. The van der Waals surface area contributed by atoms with E-state index in [1.165, 1.54) is 11.6 Å². The Morgan fingerprint density at radius 1 is 1.21 bits per heavy atom. The number of halogens is 1. The summed E-state index contributed by atoms with van der Waals surface area (Å²) in [6, 6.07) is 12.8. The van der Waals surface area contributed by atoms with Crippen LogP contribution in [0.15, 0.2) is 42.5 Å². The van der Waals surface area contributed by atoms with E-state index in [0.717, 1.165) is 5.56 Å². The van der Waals surface area contributed by atoms with Gasteiger partial charge in [-0.2, -0.15) is 0 Å². The standard InChI is InChI=1S/C16H16FNO/c1-12-5-3-6-13(9-12)10-18(2)16-8-4-7-15(17)14(16)11-19/h3-9,11H,10H2,1-2H3. The zero-order valence-electron chi connectivity index (χ0n) is 11.1. The molecule has 3 heteroatoms. The minimum Gasteiger partial charge on any atom is -0.370 e. The number of hydrogen-bond donors (Lipinski definition) is 0. The van der Waals surface area contributed by atoms with Gasteiger partial charge in [-0.1, -0.05) is 35.9 Å². The van der Waals surface area contributed by atoms with Crippen molar-refractivity contribution in [2.75, 3.05) is 11.9 Å². The van der Waals surface area contributed by atoms with Crippen molar-refractivity contribution in [3.8, 4) is 0 Å². The van der Waals surface area contributed by atoms with Crippen molar-refractivity contribution in [3.63, 3.8) is 0 Å². The van der Waals surface area contributed by atoms with E-state index in [1.54, 1.807) is 12.1 Å². The summed E-state index contributed by atoms with van der Waals surface area (Å²) in [5.41, 5.74) is 3.03. The van der Waals surface area contributed by atoms with Crippen molar-refractivity contribution in [3.05, 3.63) is 65.0 Å². The summed E-state index contributed by atoms with van der Waals surface area (Å²) in [4.78, 5) is 12.9. The Bertz CT molecular complexity index is 595. The van der Waals surface area contributed by atoms with Gasteiger partial charge in [-0.15, -0.1) is 0 Å². The number of carbonyl (C=O) groups is 1. The molecule has 2 rings (SSSR count). The monoisotopic (exact) mass is 257 g/mol. The van der Waals surface area contributed by atoms with Crippen LogP contribution in [0.3, 0.4) is 0 Å². The Balaban J connectivity index is 2.27. The molecule has 0 fully saturated rings. The molecular formula is C16H16FNO. The van der Waals surface area contributed by atoms with Crippen molar-refractivity contribution >= 4 is 12.0 Å². The first-order valence-corrected chi connectivity index (χ1v) is 6.12. The van der Waals surface area contributed by atoms with Gasteiger partial charge in [0.15, 0.2) is 6.29 Å². The molecule has 0 saturated heterocycles. The topological polar surface area (TPSA) is 20.3 Å². The SMILES string of the molecule is Cc1cccc(CN(C)c2cccc(F)c2C=O)c1. The van der Waals surface area contributed by atoms with Crippen molar-refractivity contribution in [2.45, 2.75) is 13.5 Å². The molecule has 0 aliphatic heterocycles. The number of hydrogen-bond acceptors (Lipinski definition) is 2. The van der Waals surface area contributed by atoms with Crippen molar-refractivity contribution in [1.82, 2.24) is 0 Å². The summed E-state index contributed by atoms with van der Waals surface area (Å²) in [5, 5.41) is 0. The molecule has 0 spiro atoms. The average Bonchev–Trinajstić information content (AvgIpc) is 2.38. The second kappa shape index (κ2) is 5.65. The van der Waals surface area contributed by atoms with Gasteiger partial charge < -0.3 is 4.90 Å². The molecule has 0 aliphatic carbocycles. The number of anilines is 1. The highest BCUT2D eigenvalue weighted by molar-refractivity contribution is 5.84. The molecule has 0 amide bonds. The van der Waals surface area contributed by atoms with Gasteiger partial charge in [0.25, 0.3) is 0 Å². The van der Waals surface area contributed by atoms with E-state index in [9.17, 15) is 9.18 Å². The van der Waals surface area contributed by atoms with E-state index in [2.05, 4.69) is 6.07 Å². The van der Waals surface area contributed by atoms with Crippen molar-refractivity contribution in [1.29, 1.82) is 0 Å². The quantitative estimate of drug-likeness (QED) is 0.780. The van der Waals surface area contributed by atoms with Crippen molar-refractivity contribution in [2.24, 2.45) is 0 Å². The molecule has 0 bridgehead atoms. The highest BCUT2D eigenvalue weighted by Crippen LogP contribution is 2.22. The van der Waals surface area contributed by atoms with E-state index in [4.69, 9.17) is 0 Å². The maximum atomic E-state index is 13.6. The Hall–Kier alpha value is -2.16. The third-order valence-corrected chi connectivity index (χ3v) is 3.06. The van der Waals surface area contributed by atoms with E-state index in [-0.39, 0.29) is 5.56 Å². The highest BCUT2D eigenvalue weighted by Gasteiger charge is 2.11. The van der Waals surface area contributed by atoms with Crippen LogP contribution in [-0.4, -0.2) is 13.3 Å². The molecule has 0 heterocycles. The molecule has 0 N–H and O–H groups in total. The maximum Gasteiger partial charge on any atom is 0.155 e. The Morgan fingerprint density at radius 3 is 2.63 bits per heavy atom. The van der Waals surface area contributed by atoms with Crippen LogP contribution in [0.2, 0.25) is 0 Å². The zero-order chi connectivity index (χ0) is 13.8. The van der Waals surface area contributed by atoms with E-state index >= 15 is 0 Å². The van der Waals surface area contributed by atoms with Crippen LogP contribution in [0, 0.1) is 12.7 Å². The van der Waals surface area contributed by atoms with Gasteiger partial charge in [0.2, 0.25) is 0 Å². The average molecular weight is 257 g/mol. The minimum absolute atomic E-state index is 0.109. The van der Waals surface area contributed by atoms with Crippen LogP contribution >= 0.6 is 0 Å². The third kappa shape index (κ3) is 2.99. The fourth-order valence-electron chi connectivity index (χ4n) is 2.14. The molecule has 0 saturated carbocycles. The lowest BCUT2D eigenvalue weighted by atomic mass is 10.1. The maximum absolute atomic E-state index is 13.6. The summed E-state index contributed by atoms with van der Waals surface area (Å²) >= 11 is 0.